The summed E-state index contributed by atoms with van der Waals surface area (Å²) in [5.74, 6) is 0.686. The largest absolute Gasteiger partial charge is 0.482 e. The standard InChI is InChI=1S/C15H15N5O5/c16-15(4-1-5-15)14-17-12(25-18-14)7-19-10-6-9(20(22)23)2-3-11(10)24-8-13(19)21/h2-3,6H,1,4-5,7-8,16H2. The number of hydrogen-bond acceptors (Lipinski definition) is 8. The summed E-state index contributed by atoms with van der Waals surface area (Å²) < 4.78 is 10.5. The van der Waals surface area contributed by atoms with Crippen LogP contribution in [0.1, 0.15) is 31.0 Å². The van der Waals surface area contributed by atoms with Crippen molar-refractivity contribution < 1.29 is 19.0 Å². The third-order valence-corrected chi connectivity index (χ3v) is 4.55. The molecule has 1 amide bonds. The predicted molar refractivity (Wildman–Crippen MR) is 83.8 cm³/mol. The van der Waals surface area contributed by atoms with Crippen molar-refractivity contribution >= 4 is 17.3 Å². The van der Waals surface area contributed by atoms with Crippen LogP contribution < -0.4 is 15.4 Å². The molecule has 2 heterocycles. The van der Waals surface area contributed by atoms with Crippen LogP contribution >= 0.6 is 0 Å². The first-order valence-corrected chi connectivity index (χ1v) is 7.80. The molecule has 0 bridgehead atoms. The summed E-state index contributed by atoms with van der Waals surface area (Å²) >= 11 is 0. The SMILES string of the molecule is NC1(c2noc(CN3C(=O)COc4ccc([N+](=O)[O-])cc43)n2)CCC1. The van der Waals surface area contributed by atoms with Crippen molar-refractivity contribution in [1.82, 2.24) is 10.1 Å². The number of carbonyl (C=O) groups excluding carboxylic acids is 1. The Labute approximate surface area is 141 Å². The van der Waals surface area contributed by atoms with Crippen LogP contribution in [0.3, 0.4) is 0 Å². The summed E-state index contributed by atoms with van der Waals surface area (Å²) in [7, 11) is 0. The Kier molecular flexibility index (Phi) is 3.42. The molecule has 2 N–H and O–H groups in total. The second-order valence-corrected chi connectivity index (χ2v) is 6.20. The van der Waals surface area contributed by atoms with E-state index in [-0.39, 0.29) is 30.6 Å². The van der Waals surface area contributed by atoms with Crippen molar-refractivity contribution in [3.8, 4) is 5.75 Å². The van der Waals surface area contributed by atoms with E-state index in [4.69, 9.17) is 15.0 Å². The highest BCUT2D eigenvalue weighted by Crippen LogP contribution is 2.38. The first-order valence-electron chi connectivity index (χ1n) is 7.80. The van der Waals surface area contributed by atoms with Gasteiger partial charge < -0.3 is 15.0 Å². The molecule has 0 spiro atoms. The molecule has 2 aromatic rings. The minimum atomic E-state index is -0.562. The van der Waals surface area contributed by atoms with Gasteiger partial charge in [-0.05, 0) is 25.3 Å². The topological polar surface area (TPSA) is 138 Å². The molecule has 0 saturated heterocycles. The van der Waals surface area contributed by atoms with Crippen LogP contribution in [0, 0.1) is 10.1 Å². The first kappa shape index (κ1) is 15.5. The lowest BCUT2D eigenvalue weighted by Crippen LogP contribution is -2.44. The number of nitro groups is 1. The second-order valence-electron chi connectivity index (χ2n) is 6.20. The number of rotatable bonds is 4. The van der Waals surface area contributed by atoms with Gasteiger partial charge in [0.1, 0.15) is 12.3 Å². The van der Waals surface area contributed by atoms with Crippen molar-refractivity contribution in [1.29, 1.82) is 0 Å². The van der Waals surface area contributed by atoms with E-state index in [1.807, 2.05) is 0 Å². The molecule has 25 heavy (non-hydrogen) atoms. The van der Waals surface area contributed by atoms with Crippen LogP contribution in [0.15, 0.2) is 22.7 Å². The monoisotopic (exact) mass is 345 g/mol. The molecule has 10 heteroatoms. The van der Waals surface area contributed by atoms with Gasteiger partial charge in [0.15, 0.2) is 12.4 Å². The first-order chi connectivity index (χ1) is 12.0. The smallest absolute Gasteiger partial charge is 0.271 e. The van der Waals surface area contributed by atoms with Crippen molar-refractivity contribution in [2.24, 2.45) is 5.73 Å². The van der Waals surface area contributed by atoms with Crippen LogP contribution in [0.4, 0.5) is 11.4 Å². The summed E-state index contributed by atoms with van der Waals surface area (Å²) in [6.07, 6.45) is 2.59. The lowest BCUT2D eigenvalue weighted by atomic mass is 9.77. The minimum Gasteiger partial charge on any atom is -0.482 e. The Morgan fingerprint density at radius 2 is 2.20 bits per heavy atom. The van der Waals surface area contributed by atoms with E-state index in [2.05, 4.69) is 10.1 Å². The number of non-ortho nitro benzene ring substituents is 1. The number of aromatic nitrogens is 2. The Bertz CT molecular complexity index is 860. The zero-order valence-corrected chi connectivity index (χ0v) is 13.2. The zero-order valence-electron chi connectivity index (χ0n) is 13.2. The van der Waals surface area contributed by atoms with E-state index in [1.165, 1.54) is 23.1 Å². The second kappa shape index (κ2) is 5.52. The summed E-state index contributed by atoms with van der Waals surface area (Å²) in [5.41, 5.74) is 5.77. The van der Waals surface area contributed by atoms with Crippen molar-refractivity contribution in [2.75, 3.05) is 11.5 Å². The fraction of sp³-hybridized carbons (Fsp3) is 0.400. The fourth-order valence-corrected chi connectivity index (χ4v) is 2.92. The third kappa shape index (κ3) is 2.60. The molecule has 0 unspecified atom stereocenters. The zero-order chi connectivity index (χ0) is 17.6. The molecule has 1 aliphatic heterocycles. The maximum absolute atomic E-state index is 12.2. The quantitative estimate of drug-likeness (QED) is 0.645. The highest BCUT2D eigenvalue weighted by atomic mass is 16.6. The molecule has 0 radical (unpaired) electrons. The van der Waals surface area contributed by atoms with E-state index in [0.717, 1.165) is 19.3 Å². The normalized spacial score (nSPS) is 18.3. The lowest BCUT2D eigenvalue weighted by Gasteiger charge is -2.34. The number of amides is 1. The highest BCUT2D eigenvalue weighted by molar-refractivity contribution is 5.98. The summed E-state index contributed by atoms with van der Waals surface area (Å²) in [6, 6.07) is 4.09. The Hall–Kier alpha value is -3.01. The van der Waals surface area contributed by atoms with Gasteiger partial charge in [-0.15, -0.1) is 0 Å². The summed E-state index contributed by atoms with van der Waals surface area (Å²) in [6.45, 7) is -0.161. The number of fused-ring (bicyclic) bond motifs is 1. The summed E-state index contributed by atoms with van der Waals surface area (Å²) in [5, 5.41) is 14.9. The number of nitrogens with zero attached hydrogens (tertiary/aromatic N) is 4. The molecule has 0 atom stereocenters. The molecule has 10 nitrogen and oxygen atoms in total. The number of nitrogens with two attached hydrogens (primary N) is 1. The third-order valence-electron chi connectivity index (χ3n) is 4.55. The van der Waals surface area contributed by atoms with Gasteiger partial charge in [0.2, 0.25) is 5.89 Å². The van der Waals surface area contributed by atoms with Gasteiger partial charge in [-0.1, -0.05) is 5.16 Å². The van der Waals surface area contributed by atoms with Crippen molar-refractivity contribution in [3.05, 3.63) is 40.0 Å². The average molecular weight is 345 g/mol. The molecule has 130 valence electrons. The van der Waals surface area contributed by atoms with E-state index >= 15 is 0 Å². The predicted octanol–water partition coefficient (Wildman–Crippen LogP) is 1.24. The fourth-order valence-electron chi connectivity index (χ4n) is 2.92. The number of benzene rings is 1. The van der Waals surface area contributed by atoms with Crippen LogP contribution in [-0.2, 0) is 16.9 Å². The van der Waals surface area contributed by atoms with Gasteiger partial charge in [-0.2, -0.15) is 4.98 Å². The number of anilines is 1. The molecular formula is C15H15N5O5. The van der Waals surface area contributed by atoms with E-state index < -0.39 is 10.5 Å². The molecular weight excluding hydrogens is 330 g/mol. The maximum Gasteiger partial charge on any atom is 0.271 e. The van der Waals surface area contributed by atoms with Gasteiger partial charge in [-0.25, -0.2) is 0 Å². The van der Waals surface area contributed by atoms with Crippen LogP contribution in [0.25, 0.3) is 0 Å². The Morgan fingerprint density at radius 3 is 2.88 bits per heavy atom. The van der Waals surface area contributed by atoms with Gasteiger partial charge in [0, 0.05) is 12.1 Å². The number of ether oxygens (including phenoxy) is 1. The number of nitro benzene ring substituents is 1. The van der Waals surface area contributed by atoms with Gasteiger partial charge in [0.05, 0.1) is 16.1 Å². The van der Waals surface area contributed by atoms with Gasteiger partial charge in [-0.3, -0.25) is 19.8 Å². The van der Waals surface area contributed by atoms with Crippen molar-refractivity contribution in [3.63, 3.8) is 0 Å². The summed E-state index contributed by atoms with van der Waals surface area (Å²) in [4.78, 5) is 28.3. The van der Waals surface area contributed by atoms with E-state index in [9.17, 15) is 14.9 Å². The molecule has 1 aromatic carbocycles. The van der Waals surface area contributed by atoms with Crippen LogP contribution in [0.5, 0.6) is 5.75 Å². The molecule has 2 aliphatic rings. The number of carbonyl (C=O) groups is 1. The van der Waals surface area contributed by atoms with E-state index in [1.54, 1.807) is 0 Å². The molecule has 1 saturated carbocycles. The molecule has 1 fully saturated rings. The van der Waals surface area contributed by atoms with Gasteiger partial charge in [0.25, 0.3) is 11.6 Å². The average Bonchev–Trinajstić information content (AvgIpc) is 3.03. The van der Waals surface area contributed by atoms with E-state index in [0.29, 0.717) is 17.3 Å². The molecule has 1 aromatic heterocycles. The lowest BCUT2D eigenvalue weighted by molar-refractivity contribution is -0.384. The Balaban J connectivity index is 1.63. The maximum atomic E-state index is 12.2. The highest BCUT2D eigenvalue weighted by Gasteiger charge is 2.39. The number of hydrogen-bond donors (Lipinski definition) is 1. The molecule has 4 rings (SSSR count). The molecule has 1 aliphatic carbocycles. The minimum absolute atomic E-state index is 0.000555. The van der Waals surface area contributed by atoms with Crippen LogP contribution in [-0.4, -0.2) is 27.6 Å². The van der Waals surface area contributed by atoms with Gasteiger partial charge >= 0.3 is 0 Å². The van der Waals surface area contributed by atoms with Crippen LogP contribution in [0.2, 0.25) is 0 Å². The Morgan fingerprint density at radius 1 is 1.40 bits per heavy atom. The van der Waals surface area contributed by atoms with Crippen molar-refractivity contribution in [2.45, 2.75) is 31.3 Å².